The Bertz CT molecular complexity index is 476. The van der Waals surface area contributed by atoms with Crippen LogP contribution in [-0.2, 0) is 11.3 Å². The summed E-state index contributed by atoms with van der Waals surface area (Å²) in [5.74, 6) is 1.57. The number of carbonyl (C=O) groups excluding carboxylic acids is 1. The Labute approximate surface area is 119 Å². The van der Waals surface area contributed by atoms with Crippen molar-refractivity contribution in [3.05, 3.63) is 23.8 Å². The summed E-state index contributed by atoms with van der Waals surface area (Å²) in [6, 6.07) is 5.72. The van der Waals surface area contributed by atoms with Crippen molar-refractivity contribution in [2.45, 2.75) is 25.9 Å². The molecule has 1 aliphatic rings. The van der Waals surface area contributed by atoms with Gasteiger partial charge in [0.1, 0.15) is 0 Å². The highest BCUT2D eigenvalue weighted by molar-refractivity contribution is 5.82. The van der Waals surface area contributed by atoms with Gasteiger partial charge in [-0.25, -0.2) is 0 Å². The number of hydrogen-bond acceptors (Lipinski definition) is 4. The smallest absolute Gasteiger partial charge is 0.240 e. The van der Waals surface area contributed by atoms with E-state index >= 15 is 0 Å². The topological polar surface area (TPSA) is 50.8 Å². The molecule has 0 bridgehead atoms. The molecule has 0 saturated carbocycles. The largest absolute Gasteiger partial charge is 0.493 e. The Kier molecular flexibility index (Phi) is 4.84. The average Bonchev–Trinajstić information content (AvgIpc) is 2.49. The van der Waals surface area contributed by atoms with Gasteiger partial charge in [0.25, 0.3) is 0 Å². The van der Waals surface area contributed by atoms with Crippen LogP contribution < -0.4 is 14.8 Å². The lowest BCUT2D eigenvalue weighted by Crippen LogP contribution is -2.54. The predicted octanol–water partition coefficient (Wildman–Crippen LogP) is 1.41. The predicted molar refractivity (Wildman–Crippen MR) is 77.0 cm³/mol. The number of benzene rings is 1. The van der Waals surface area contributed by atoms with Crippen LogP contribution in [-0.4, -0.2) is 44.2 Å². The molecule has 1 heterocycles. The number of nitrogens with zero attached hydrogens (tertiary/aromatic N) is 1. The molecular formula is C15H22N2O3. The van der Waals surface area contributed by atoms with E-state index in [1.54, 1.807) is 14.2 Å². The van der Waals surface area contributed by atoms with Crippen LogP contribution in [0.3, 0.4) is 0 Å². The highest BCUT2D eigenvalue weighted by Crippen LogP contribution is 2.28. The minimum absolute atomic E-state index is 0.0520. The van der Waals surface area contributed by atoms with Crippen LogP contribution in [0.5, 0.6) is 11.5 Å². The monoisotopic (exact) mass is 278 g/mol. The molecule has 0 spiro atoms. The summed E-state index contributed by atoms with van der Waals surface area (Å²) < 4.78 is 10.5. The molecule has 5 nitrogen and oxygen atoms in total. The third-order valence-electron chi connectivity index (χ3n) is 3.61. The van der Waals surface area contributed by atoms with Crippen LogP contribution in [0, 0.1) is 0 Å². The van der Waals surface area contributed by atoms with Crippen molar-refractivity contribution in [2.75, 3.05) is 27.3 Å². The van der Waals surface area contributed by atoms with Crippen LogP contribution in [0.1, 0.15) is 18.9 Å². The van der Waals surface area contributed by atoms with Crippen molar-refractivity contribution >= 4 is 5.91 Å². The number of piperazine rings is 1. The quantitative estimate of drug-likeness (QED) is 0.885. The first-order valence-corrected chi connectivity index (χ1v) is 6.92. The molecule has 110 valence electrons. The lowest BCUT2D eigenvalue weighted by molar-refractivity contribution is -0.136. The third-order valence-corrected chi connectivity index (χ3v) is 3.61. The second-order valence-corrected chi connectivity index (χ2v) is 4.86. The molecule has 1 saturated heterocycles. The van der Waals surface area contributed by atoms with Gasteiger partial charge in [0, 0.05) is 19.6 Å². The molecule has 1 aliphatic heterocycles. The van der Waals surface area contributed by atoms with E-state index in [0.29, 0.717) is 18.0 Å². The SMILES string of the molecule is CCC1NCCN(Cc2ccc(OC)c(OC)c2)C1=O. The van der Waals surface area contributed by atoms with E-state index in [1.165, 1.54) is 0 Å². The van der Waals surface area contributed by atoms with Crippen molar-refractivity contribution < 1.29 is 14.3 Å². The zero-order valence-corrected chi connectivity index (χ0v) is 12.3. The summed E-state index contributed by atoms with van der Waals surface area (Å²) in [5, 5.41) is 3.24. The molecule has 2 rings (SSSR count). The number of carbonyl (C=O) groups is 1. The lowest BCUT2D eigenvalue weighted by atomic mass is 10.1. The average molecular weight is 278 g/mol. The van der Waals surface area contributed by atoms with Gasteiger partial charge in [0.2, 0.25) is 5.91 Å². The number of methoxy groups -OCH3 is 2. The molecule has 0 radical (unpaired) electrons. The van der Waals surface area contributed by atoms with E-state index in [1.807, 2.05) is 30.0 Å². The van der Waals surface area contributed by atoms with Crippen molar-refractivity contribution in [3.8, 4) is 11.5 Å². The summed E-state index contributed by atoms with van der Waals surface area (Å²) in [7, 11) is 3.23. The molecule has 1 unspecified atom stereocenters. The molecular weight excluding hydrogens is 256 g/mol. The maximum Gasteiger partial charge on any atom is 0.240 e. The second-order valence-electron chi connectivity index (χ2n) is 4.86. The Hall–Kier alpha value is -1.75. The van der Waals surface area contributed by atoms with Gasteiger partial charge in [-0.2, -0.15) is 0 Å². The minimum Gasteiger partial charge on any atom is -0.493 e. The summed E-state index contributed by atoms with van der Waals surface area (Å²) in [4.78, 5) is 14.1. The number of amides is 1. The highest BCUT2D eigenvalue weighted by Gasteiger charge is 2.26. The first kappa shape index (κ1) is 14.7. The molecule has 1 aromatic rings. The van der Waals surface area contributed by atoms with Crippen molar-refractivity contribution in [1.29, 1.82) is 0 Å². The van der Waals surface area contributed by atoms with E-state index in [0.717, 1.165) is 25.1 Å². The Balaban J connectivity index is 2.11. The first-order valence-electron chi connectivity index (χ1n) is 6.92. The Morgan fingerprint density at radius 2 is 2.05 bits per heavy atom. The maximum absolute atomic E-state index is 12.2. The van der Waals surface area contributed by atoms with E-state index in [-0.39, 0.29) is 11.9 Å². The van der Waals surface area contributed by atoms with Crippen LogP contribution >= 0.6 is 0 Å². The van der Waals surface area contributed by atoms with Gasteiger partial charge in [-0.1, -0.05) is 13.0 Å². The minimum atomic E-state index is -0.0520. The zero-order chi connectivity index (χ0) is 14.5. The summed E-state index contributed by atoms with van der Waals surface area (Å²) in [6.07, 6.45) is 0.821. The molecule has 0 aromatic heterocycles. The van der Waals surface area contributed by atoms with E-state index in [9.17, 15) is 4.79 Å². The normalized spacial score (nSPS) is 19.1. The van der Waals surface area contributed by atoms with Gasteiger partial charge in [0.05, 0.1) is 20.3 Å². The van der Waals surface area contributed by atoms with Crippen molar-refractivity contribution in [3.63, 3.8) is 0 Å². The van der Waals surface area contributed by atoms with E-state index in [2.05, 4.69) is 5.32 Å². The van der Waals surface area contributed by atoms with Gasteiger partial charge in [0.15, 0.2) is 11.5 Å². The van der Waals surface area contributed by atoms with E-state index < -0.39 is 0 Å². The fourth-order valence-corrected chi connectivity index (χ4v) is 2.47. The van der Waals surface area contributed by atoms with Gasteiger partial charge < -0.3 is 19.7 Å². The fourth-order valence-electron chi connectivity index (χ4n) is 2.47. The van der Waals surface area contributed by atoms with Gasteiger partial charge in [-0.05, 0) is 24.1 Å². The number of ether oxygens (including phenoxy) is 2. The summed E-state index contributed by atoms with van der Waals surface area (Å²) in [5.41, 5.74) is 1.05. The molecule has 0 aliphatic carbocycles. The molecule has 1 amide bonds. The standard InChI is InChI=1S/C15H22N2O3/c1-4-12-15(18)17(8-7-16-12)10-11-5-6-13(19-2)14(9-11)20-3/h5-6,9,12,16H,4,7-8,10H2,1-3H3. The number of rotatable bonds is 5. The summed E-state index contributed by atoms with van der Waals surface area (Å²) >= 11 is 0. The van der Waals surface area contributed by atoms with Gasteiger partial charge >= 0.3 is 0 Å². The van der Waals surface area contributed by atoms with Crippen molar-refractivity contribution in [2.24, 2.45) is 0 Å². The summed E-state index contributed by atoms with van der Waals surface area (Å²) in [6.45, 7) is 4.22. The molecule has 1 N–H and O–H groups in total. The van der Waals surface area contributed by atoms with Crippen LogP contribution in [0.25, 0.3) is 0 Å². The van der Waals surface area contributed by atoms with Crippen LogP contribution in [0.4, 0.5) is 0 Å². The van der Waals surface area contributed by atoms with Gasteiger partial charge in [-0.15, -0.1) is 0 Å². The third kappa shape index (κ3) is 3.04. The highest BCUT2D eigenvalue weighted by atomic mass is 16.5. The van der Waals surface area contributed by atoms with E-state index in [4.69, 9.17) is 9.47 Å². The zero-order valence-electron chi connectivity index (χ0n) is 12.3. The molecule has 1 atom stereocenters. The Morgan fingerprint density at radius 1 is 1.30 bits per heavy atom. The van der Waals surface area contributed by atoms with Crippen LogP contribution in [0.2, 0.25) is 0 Å². The molecule has 1 aromatic carbocycles. The molecule has 1 fully saturated rings. The van der Waals surface area contributed by atoms with Gasteiger partial charge in [-0.3, -0.25) is 4.79 Å². The Morgan fingerprint density at radius 3 is 2.70 bits per heavy atom. The van der Waals surface area contributed by atoms with Crippen molar-refractivity contribution in [1.82, 2.24) is 10.2 Å². The molecule has 5 heteroatoms. The second kappa shape index (κ2) is 6.61. The number of nitrogens with one attached hydrogen (secondary N) is 1. The lowest BCUT2D eigenvalue weighted by Gasteiger charge is -2.33. The first-order chi connectivity index (χ1) is 9.69. The van der Waals surface area contributed by atoms with Crippen LogP contribution in [0.15, 0.2) is 18.2 Å². The molecule has 20 heavy (non-hydrogen) atoms. The number of hydrogen-bond donors (Lipinski definition) is 1. The maximum atomic E-state index is 12.2. The fraction of sp³-hybridized carbons (Fsp3) is 0.533.